The predicted octanol–water partition coefficient (Wildman–Crippen LogP) is 5.54. The van der Waals surface area contributed by atoms with Crippen molar-refractivity contribution in [3.63, 3.8) is 0 Å². The first-order valence-electron chi connectivity index (χ1n) is 12.2. The molecule has 0 saturated heterocycles. The van der Waals surface area contributed by atoms with Gasteiger partial charge in [-0.05, 0) is 78.2 Å². The van der Waals surface area contributed by atoms with Crippen LogP contribution < -0.4 is 20.1 Å². The van der Waals surface area contributed by atoms with Crippen LogP contribution in [0.1, 0.15) is 36.6 Å². The quantitative estimate of drug-likeness (QED) is 0.308. The highest BCUT2D eigenvalue weighted by atomic mass is 35.5. The van der Waals surface area contributed by atoms with Gasteiger partial charge in [0.1, 0.15) is 12.6 Å². The Morgan fingerprint density at radius 3 is 2.61 bits per heavy atom. The Hall–Kier alpha value is -4.37. The number of aromatic nitrogens is 4. The zero-order chi connectivity index (χ0) is 26.6. The number of anilines is 2. The number of aryl methyl sites for hydroxylation is 1. The maximum Gasteiger partial charge on any atom is 0.255 e. The lowest BCUT2D eigenvalue weighted by Gasteiger charge is -2.28. The maximum absolute atomic E-state index is 13.7. The summed E-state index contributed by atoms with van der Waals surface area (Å²) in [5, 5.41) is 18.9. The number of carbonyl (C=O) groups excluding carboxylic acids is 1. The van der Waals surface area contributed by atoms with Crippen molar-refractivity contribution in [2.75, 3.05) is 17.2 Å². The molecule has 1 aliphatic rings. The number of halogens is 1. The summed E-state index contributed by atoms with van der Waals surface area (Å²) in [4.78, 5) is 13.7. The van der Waals surface area contributed by atoms with Gasteiger partial charge in [-0.25, -0.2) is 0 Å². The number of carbonyl (C=O) groups is 1. The van der Waals surface area contributed by atoms with Gasteiger partial charge in [-0.15, -0.1) is 0 Å². The summed E-state index contributed by atoms with van der Waals surface area (Å²) in [5.41, 5.74) is 4.60. The predicted molar refractivity (Wildman–Crippen MR) is 145 cm³/mol. The van der Waals surface area contributed by atoms with E-state index in [2.05, 4.69) is 26.2 Å². The highest BCUT2D eigenvalue weighted by Crippen LogP contribution is 2.39. The monoisotopic (exact) mass is 530 g/mol. The van der Waals surface area contributed by atoms with Crippen molar-refractivity contribution in [3.8, 4) is 11.5 Å². The normalized spacial score (nSPS) is 14.5. The van der Waals surface area contributed by atoms with Crippen LogP contribution in [0.4, 0.5) is 11.6 Å². The number of rotatable bonds is 8. The van der Waals surface area contributed by atoms with Crippen LogP contribution in [0.2, 0.25) is 5.02 Å². The van der Waals surface area contributed by atoms with Crippen LogP contribution in [0.25, 0.3) is 0 Å². The molecule has 1 aliphatic heterocycles. The Balaban J connectivity index is 1.49. The van der Waals surface area contributed by atoms with Crippen LogP contribution in [0.3, 0.4) is 0 Å². The molecule has 4 aromatic rings. The molecule has 1 unspecified atom stereocenters. The number of hydrogen-bond acceptors (Lipinski definition) is 7. The first kappa shape index (κ1) is 25.3. The van der Waals surface area contributed by atoms with Gasteiger partial charge >= 0.3 is 0 Å². The number of nitrogens with zero attached hydrogens (tertiary/aromatic N) is 4. The summed E-state index contributed by atoms with van der Waals surface area (Å²) in [5.74, 6) is 1.34. The van der Waals surface area contributed by atoms with E-state index in [1.54, 1.807) is 4.68 Å². The Labute approximate surface area is 225 Å². The van der Waals surface area contributed by atoms with E-state index in [1.165, 1.54) is 0 Å². The van der Waals surface area contributed by atoms with Gasteiger partial charge in [0.05, 0.1) is 12.2 Å². The van der Waals surface area contributed by atoms with Gasteiger partial charge in [0.25, 0.3) is 5.91 Å². The number of ether oxygens (including phenoxy) is 2. The average molecular weight is 531 g/mol. The van der Waals surface area contributed by atoms with Crippen LogP contribution in [0, 0.1) is 6.92 Å². The molecule has 1 amide bonds. The lowest BCUT2D eigenvalue weighted by atomic mass is 9.94. The van der Waals surface area contributed by atoms with E-state index in [0.717, 1.165) is 22.4 Å². The third kappa shape index (κ3) is 5.19. The van der Waals surface area contributed by atoms with Crippen molar-refractivity contribution in [2.24, 2.45) is 0 Å². The number of amides is 1. The molecule has 1 aromatic heterocycles. The lowest BCUT2D eigenvalue weighted by Crippen LogP contribution is -2.31. The molecule has 0 aliphatic carbocycles. The minimum atomic E-state index is -0.588. The molecule has 0 saturated carbocycles. The SMILES string of the molecule is CCOc1cc(C2C(C(=O)Nc3ccccc3C)=C(C)Nc3nnnn32)ccc1OCc1ccc(Cl)cc1. The summed E-state index contributed by atoms with van der Waals surface area (Å²) in [6, 6.07) is 20.1. The molecule has 5 rings (SSSR count). The summed E-state index contributed by atoms with van der Waals surface area (Å²) in [6.45, 7) is 6.49. The fourth-order valence-corrected chi connectivity index (χ4v) is 4.47. The summed E-state index contributed by atoms with van der Waals surface area (Å²) in [7, 11) is 0. The largest absolute Gasteiger partial charge is 0.490 e. The van der Waals surface area contributed by atoms with Gasteiger partial charge < -0.3 is 20.1 Å². The Bertz CT molecular complexity index is 1500. The zero-order valence-electron chi connectivity index (χ0n) is 21.2. The molecule has 0 radical (unpaired) electrons. The van der Waals surface area contributed by atoms with Crippen LogP contribution in [-0.2, 0) is 11.4 Å². The molecule has 38 heavy (non-hydrogen) atoms. The molecule has 2 heterocycles. The van der Waals surface area contributed by atoms with Crippen molar-refractivity contribution in [1.29, 1.82) is 0 Å². The van der Waals surface area contributed by atoms with Gasteiger partial charge in [-0.3, -0.25) is 4.79 Å². The minimum Gasteiger partial charge on any atom is -0.490 e. The molecule has 1 atom stereocenters. The van der Waals surface area contributed by atoms with Crippen molar-refractivity contribution in [2.45, 2.75) is 33.4 Å². The molecule has 0 bridgehead atoms. The van der Waals surface area contributed by atoms with E-state index < -0.39 is 6.04 Å². The van der Waals surface area contributed by atoms with Crippen LogP contribution >= 0.6 is 11.6 Å². The fraction of sp³-hybridized carbons (Fsp3) is 0.214. The summed E-state index contributed by atoms with van der Waals surface area (Å²) in [6.07, 6.45) is 0. The zero-order valence-corrected chi connectivity index (χ0v) is 22.0. The molecule has 0 spiro atoms. The molecule has 2 N–H and O–H groups in total. The smallest absolute Gasteiger partial charge is 0.255 e. The number of hydrogen-bond donors (Lipinski definition) is 2. The lowest BCUT2D eigenvalue weighted by molar-refractivity contribution is -0.113. The number of nitrogens with one attached hydrogen (secondary N) is 2. The number of fused-ring (bicyclic) bond motifs is 1. The van der Waals surface area contributed by atoms with Crippen molar-refractivity contribution < 1.29 is 14.3 Å². The minimum absolute atomic E-state index is 0.253. The van der Waals surface area contributed by atoms with Crippen molar-refractivity contribution in [1.82, 2.24) is 20.2 Å². The van der Waals surface area contributed by atoms with Crippen LogP contribution in [-0.4, -0.2) is 32.7 Å². The third-order valence-corrected chi connectivity index (χ3v) is 6.49. The van der Waals surface area contributed by atoms with E-state index in [0.29, 0.717) is 47.0 Å². The number of benzene rings is 3. The average Bonchev–Trinajstić information content (AvgIpc) is 3.37. The second kappa shape index (κ2) is 10.9. The maximum atomic E-state index is 13.7. The number of allylic oxidation sites excluding steroid dienone is 1. The molecule has 9 nitrogen and oxygen atoms in total. The van der Waals surface area contributed by atoms with Gasteiger partial charge in [-0.1, -0.05) is 53.1 Å². The van der Waals surface area contributed by atoms with E-state index in [1.807, 2.05) is 87.5 Å². The fourth-order valence-electron chi connectivity index (χ4n) is 4.34. The molecule has 0 fully saturated rings. The van der Waals surface area contributed by atoms with Gasteiger partial charge in [0, 0.05) is 16.4 Å². The van der Waals surface area contributed by atoms with E-state index in [4.69, 9.17) is 21.1 Å². The van der Waals surface area contributed by atoms with E-state index >= 15 is 0 Å². The summed E-state index contributed by atoms with van der Waals surface area (Å²) >= 11 is 6.00. The Kier molecular flexibility index (Phi) is 7.28. The molecule has 3 aromatic carbocycles. The van der Waals surface area contributed by atoms with Crippen molar-refractivity contribution >= 4 is 29.1 Å². The Morgan fingerprint density at radius 2 is 1.84 bits per heavy atom. The molecular weight excluding hydrogens is 504 g/mol. The van der Waals surface area contributed by atoms with Crippen LogP contribution in [0.5, 0.6) is 11.5 Å². The van der Waals surface area contributed by atoms with Gasteiger partial charge in [-0.2, -0.15) is 4.68 Å². The highest BCUT2D eigenvalue weighted by Gasteiger charge is 2.34. The van der Waals surface area contributed by atoms with Crippen LogP contribution in [0.15, 0.2) is 78.0 Å². The number of tetrazole rings is 1. The first-order chi connectivity index (χ1) is 18.4. The highest BCUT2D eigenvalue weighted by molar-refractivity contribution is 6.30. The second-order valence-corrected chi connectivity index (χ2v) is 9.27. The first-order valence-corrected chi connectivity index (χ1v) is 12.6. The van der Waals surface area contributed by atoms with Crippen molar-refractivity contribution in [3.05, 3.63) is 99.7 Å². The number of para-hydroxylation sites is 1. The Morgan fingerprint density at radius 1 is 1.05 bits per heavy atom. The standard InChI is InChI=1S/C28H27ClN6O3/c1-4-37-24-15-20(11-14-23(24)38-16-19-9-12-21(29)13-10-19)26-25(18(3)30-28-32-33-34-35(26)28)27(36)31-22-8-6-5-7-17(22)2/h5-15,26H,4,16H2,1-3H3,(H,31,36)(H,30,32,34). The van der Waals surface area contributed by atoms with E-state index in [9.17, 15) is 4.79 Å². The van der Waals surface area contributed by atoms with E-state index in [-0.39, 0.29) is 5.91 Å². The van der Waals surface area contributed by atoms with Gasteiger partial charge in [0.2, 0.25) is 5.95 Å². The topological polar surface area (TPSA) is 103 Å². The molecule has 10 heteroatoms. The summed E-state index contributed by atoms with van der Waals surface area (Å²) < 4.78 is 13.6. The molecule has 194 valence electrons. The third-order valence-electron chi connectivity index (χ3n) is 6.24. The second-order valence-electron chi connectivity index (χ2n) is 8.84. The molecular formula is C28H27ClN6O3. The van der Waals surface area contributed by atoms with Gasteiger partial charge in [0.15, 0.2) is 11.5 Å².